The topological polar surface area (TPSA) is 47.4 Å². The standard InChI is InChI=1S/C18H22BrN3O2/c1-11(2)16-10-14(20-22(16)4)18(23)21(3)15-7-8-24-17-6-5-12(19)9-13(15)17/h5-6,9-11,15H,7-8H2,1-4H3/t15-/m1/s1. The lowest BCUT2D eigenvalue weighted by molar-refractivity contribution is 0.0679. The van der Waals surface area contributed by atoms with Crippen molar-refractivity contribution in [1.29, 1.82) is 0 Å². The summed E-state index contributed by atoms with van der Waals surface area (Å²) in [7, 11) is 3.72. The van der Waals surface area contributed by atoms with Gasteiger partial charge in [-0.25, -0.2) is 0 Å². The van der Waals surface area contributed by atoms with Crippen LogP contribution in [-0.4, -0.2) is 34.2 Å². The highest BCUT2D eigenvalue weighted by Crippen LogP contribution is 2.37. The van der Waals surface area contributed by atoms with Gasteiger partial charge < -0.3 is 9.64 Å². The molecule has 1 aromatic heterocycles. The van der Waals surface area contributed by atoms with Crippen LogP contribution in [0.25, 0.3) is 0 Å². The highest BCUT2D eigenvalue weighted by Gasteiger charge is 2.30. The average Bonchev–Trinajstić information content (AvgIpc) is 2.95. The van der Waals surface area contributed by atoms with E-state index in [1.54, 1.807) is 9.58 Å². The zero-order valence-electron chi connectivity index (χ0n) is 14.4. The first-order valence-electron chi connectivity index (χ1n) is 8.12. The number of fused-ring (bicyclic) bond motifs is 1. The third kappa shape index (κ3) is 3.07. The molecule has 1 aromatic carbocycles. The van der Waals surface area contributed by atoms with Crippen molar-refractivity contribution in [3.05, 3.63) is 45.7 Å². The minimum Gasteiger partial charge on any atom is -0.493 e. The minimum absolute atomic E-state index is 0.0109. The van der Waals surface area contributed by atoms with Crippen LogP contribution in [0.4, 0.5) is 0 Å². The van der Waals surface area contributed by atoms with E-state index in [0.717, 1.165) is 27.9 Å². The van der Waals surface area contributed by atoms with E-state index in [1.165, 1.54) is 0 Å². The Morgan fingerprint density at radius 2 is 2.17 bits per heavy atom. The Morgan fingerprint density at radius 3 is 2.83 bits per heavy atom. The predicted molar refractivity (Wildman–Crippen MR) is 96.4 cm³/mol. The molecule has 0 N–H and O–H groups in total. The van der Waals surface area contributed by atoms with Crippen LogP contribution in [-0.2, 0) is 7.05 Å². The first-order valence-corrected chi connectivity index (χ1v) is 8.91. The van der Waals surface area contributed by atoms with Crippen molar-refractivity contribution in [3.8, 4) is 5.75 Å². The lowest BCUT2D eigenvalue weighted by Crippen LogP contribution is -2.34. The molecule has 1 aliphatic heterocycles. The molecule has 0 unspecified atom stereocenters. The minimum atomic E-state index is -0.0599. The lowest BCUT2D eigenvalue weighted by Gasteiger charge is -2.33. The number of halogens is 1. The van der Waals surface area contributed by atoms with Gasteiger partial charge in [-0.3, -0.25) is 9.48 Å². The van der Waals surface area contributed by atoms with Crippen LogP contribution in [0.1, 0.15) is 54.0 Å². The number of amides is 1. The third-order valence-electron chi connectivity index (χ3n) is 4.49. The van der Waals surface area contributed by atoms with Crippen LogP contribution in [0.15, 0.2) is 28.7 Å². The van der Waals surface area contributed by atoms with E-state index in [1.807, 2.05) is 38.4 Å². The number of carbonyl (C=O) groups excluding carboxylic acids is 1. The third-order valence-corrected chi connectivity index (χ3v) is 4.99. The number of hydrogen-bond acceptors (Lipinski definition) is 3. The highest BCUT2D eigenvalue weighted by atomic mass is 79.9. The summed E-state index contributed by atoms with van der Waals surface area (Å²) >= 11 is 3.50. The normalized spacial score (nSPS) is 16.7. The maximum absolute atomic E-state index is 12.9. The van der Waals surface area contributed by atoms with E-state index < -0.39 is 0 Å². The zero-order chi connectivity index (χ0) is 17.4. The van der Waals surface area contributed by atoms with Crippen LogP contribution in [0.3, 0.4) is 0 Å². The molecule has 0 radical (unpaired) electrons. The van der Waals surface area contributed by atoms with Crippen molar-refractivity contribution < 1.29 is 9.53 Å². The molecule has 5 nitrogen and oxygen atoms in total. The molecule has 6 heteroatoms. The van der Waals surface area contributed by atoms with E-state index >= 15 is 0 Å². The molecule has 0 spiro atoms. The van der Waals surface area contributed by atoms with Gasteiger partial charge in [0.25, 0.3) is 5.91 Å². The van der Waals surface area contributed by atoms with Crippen LogP contribution in [0, 0.1) is 0 Å². The summed E-state index contributed by atoms with van der Waals surface area (Å²) < 4.78 is 8.50. The molecular formula is C18H22BrN3O2. The number of rotatable bonds is 3. The van der Waals surface area contributed by atoms with Crippen molar-refractivity contribution in [3.63, 3.8) is 0 Å². The summed E-state index contributed by atoms with van der Waals surface area (Å²) in [5.41, 5.74) is 2.58. The second-order valence-electron chi connectivity index (χ2n) is 6.48. The van der Waals surface area contributed by atoms with Gasteiger partial charge in [0.1, 0.15) is 5.75 Å². The van der Waals surface area contributed by atoms with Crippen LogP contribution >= 0.6 is 15.9 Å². The van der Waals surface area contributed by atoms with E-state index in [2.05, 4.69) is 34.9 Å². The SMILES string of the molecule is CC(C)c1cc(C(=O)N(C)[C@@H]2CCOc3ccc(Br)cc32)nn1C. The Kier molecular flexibility index (Phi) is 4.67. The van der Waals surface area contributed by atoms with Gasteiger partial charge in [-0.2, -0.15) is 5.10 Å². The maximum Gasteiger partial charge on any atom is 0.274 e. The number of ether oxygens (including phenoxy) is 1. The fourth-order valence-electron chi connectivity index (χ4n) is 3.20. The van der Waals surface area contributed by atoms with Crippen LogP contribution in [0.5, 0.6) is 5.75 Å². The molecule has 0 aliphatic carbocycles. The molecule has 0 bridgehead atoms. The molecule has 1 atom stereocenters. The molecule has 0 saturated heterocycles. The average molecular weight is 392 g/mol. The summed E-state index contributed by atoms with van der Waals surface area (Å²) in [6.45, 7) is 4.80. The van der Waals surface area contributed by atoms with E-state index in [-0.39, 0.29) is 11.9 Å². The van der Waals surface area contributed by atoms with Gasteiger partial charge in [-0.15, -0.1) is 0 Å². The van der Waals surface area contributed by atoms with Gasteiger partial charge in [0.05, 0.1) is 12.6 Å². The number of carbonyl (C=O) groups is 1. The number of aromatic nitrogens is 2. The molecule has 3 rings (SSSR count). The van der Waals surface area contributed by atoms with Gasteiger partial charge in [0, 0.05) is 36.2 Å². The van der Waals surface area contributed by atoms with Crippen molar-refractivity contribution in [2.45, 2.75) is 32.2 Å². The first-order chi connectivity index (χ1) is 11.4. The molecule has 1 amide bonds. The second-order valence-corrected chi connectivity index (χ2v) is 7.40. The first kappa shape index (κ1) is 17.0. The number of hydrogen-bond donors (Lipinski definition) is 0. The zero-order valence-corrected chi connectivity index (χ0v) is 16.0. The quantitative estimate of drug-likeness (QED) is 0.796. The van der Waals surface area contributed by atoms with Crippen molar-refractivity contribution in [2.24, 2.45) is 7.05 Å². The summed E-state index contributed by atoms with van der Waals surface area (Å²) in [5.74, 6) is 1.11. The Balaban J connectivity index is 1.90. The Hall–Kier alpha value is -1.82. The van der Waals surface area contributed by atoms with Crippen LogP contribution < -0.4 is 4.74 Å². The molecule has 128 valence electrons. The number of benzene rings is 1. The fourth-order valence-corrected chi connectivity index (χ4v) is 3.58. The molecule has 0 saturated carbocycles. The van der Waals surface area contributed by atoms with Crippen molar-refractivity contribution >= 4 is 21.8 Å². The number of nitrogens with zero attached hydrogens (tertiary/aromatic N) is 3. The number of aryl methyl sites for hydroxylation is 1. The predicted octanol–water partition coefficient (Wildman–Crippen LogP) is 3.90. The highest BCUT2D eigenvalue weighted by molar-refractivity contribution is 9.10. The summed E-state index contributed by atoms with van der Waals surface area (Å²) in [5, 5.41) is 4.41. The van der Waals surface area contributed by atoms with E-state index in [0.29, 0.717) is 18.2 Å². The van der Waals surface area contributed by atoms with E-state index in [9.17, 15) is 4.79 Å². The summed E-state index contributed by atoms with van der Waals surface area (Å²) in [6.07, 6.45) is 0.773. The summed E-state index contributed by atoms with van der Waals surface area (Å²) in [4.78, 5) is 14.7. The molecule has 2 aromatic rings. The lowest BCUT2D eigenvalue weighted by atomic mass is 9.99. The smallest absolute Gasteiger partial charge is 0.274 e. The van der Waals surface area contributed by atoms with Gasteiger partial charge in [-0.1, -0.05) is 29.8 Å². The van der Waals surface area contributed by atoms with Gasteiger partial charge in [0.15, 0.2) is 5.69 Å². The molecule has 2 heterocycles. The van der Waals surface area contributed by atoms with Gasteiger partial charge >= 0.3 is 0 Å². The monoisotopic (exact) mass is 391 g/mol. The molecule has 1 aliphatic rings. The van der Waals surface area contributed by atoms with Gasteiger partial charge in [-0.05, 0) is 30.2 Å². The van der Waals surface area contributed by atoms with Gasteiger partial charge in [0.2, 0.25) is 0 Å². The molecule has 0 fully saturated rings. The summed E-state index contributed by atoms with van der Waals surface area (Å²) in [6, 6.07) is 7.81. The molecule has 24 heavy (non-hydrogen) atoms. The Morgan fingerprint density at radius 1 is 1.42 bits per heavy atom. The van der Waals surface area contributed by atoms with E-state index in [4.69, 9.17) is 4.74 Å². The maximum atomic E-state index is 12.9. The largest absolute Gasteiger partial charge is 0.493 e. The van der Waals surface area contributed by atoms with Crippen molar-refractivity contribution in [1.82, 2.24) is 14.7 Å². The fraction of sp³-hybridized carbons (Fsp3) is 0.444. The van der Waals surface area contributed by atoms with Crippen LogP contribution in [0.2, 0.25) is 0 Å². The molecular weight excluding hydrogens is 370 g/mol. The Labute approximate surface area is 150 Å². The Bertz CT molecular complexity index is 770. The van der Waals surface area contributed by atoms with Crippen molar-refractivity contribution in [2.75, 3.05) is 13.7 Å². The second kappa shape index (κ2) is 6.59.